The average Bonchev–Trinajstić information content (AvgIpc) is 3.09. The van der Waals surface area contributed by atoms with E-state index in [0.717, 1.165) is 36.3 Å². The maximum Gasteiger partial charge on any atom is 0.227 e. The van der Waals surface area contributed by atoms with Crippen LogP contribution in [0, 0.1) is 6.92 Å². The van der Waals surface area contributed by atoms with Gasteiger partial charge in [0.15, 0.2) is 0 Å². The fourth-order valence-corrected chi connectivity index (χ4v) is 3.40. The number of hydrogen-bond acceptors (Lipinski definition) is 3. The number of ether oxygens (including phenoxy) is 1. The minimum Gasteiger partial charge on any atom is -0.489 e. The molecule has 1 aliphatic heterocycles. The molecule has 4 nitrogen and oxygen atoms in total. The predicted molar refractivity (Wildman–Crippen MR) is 107 cm³/mol. The van der Waals surface area contributed by atoms with E-state index in [1.54, 1.807) is 0 Å². The fourth-order valence-electron chi connectivity index (χ4n) is 3.40. The number of rotatable bonds is 6. The molecule has 1 unspecified atom stereocenters. The van der Waals surface area contributed by atoms with E-state index in [0.29, 0.717) is 19.6 Å². The molecule has 1 saturated heterocycles. The first-order valence-electron chi connectivity index (χ1n) is 8.92. The van der Waals surface area contributed by atoms with E-state index in [1.165, 1.54) is 5.56 Å². The molecule has 0 bridgehead atoms. The number of halogens is 1. The smallest absolute Gasteiger partial charge is 0.227 e. The molecular weight excluding hydrogens is 348 g/mol. The molecule has 26 heavy (non-hydrogen) atoms. The summed E-state index contributed by atoms with van der Waals surface area (Å²) in [6, 6.07) is 16.3. The molecule has 1 heterocycles. The van der Waals surface area contributed by atoms with Crippen LogP contribution in [0.25, 0.3) is 0 Å². The third kappa shape index (κ3) is 5.23. The normalized spacial score (nSPS) is 16.2. The van der Waals surface area contributed by atoms with Crippen molar-refractivity contribution in [2.75, 3.05) is 13.1 Å². The van der Waals surface area contributed by atoms with Gasteiger partial charge in [0.1, 0.15) is 12.4 Å². The molecule has 0 aromatic heterocycles. The summed E-state index contributed by atoms with van der Waals surface area (Å²) < 4.78 is 5.89. The Morgan fingerprint density at radius 2 is 1.96 bits per heavy atom. The molecule has 2 aromatic carbocycles. The first kappa shape index (κ1) is 20.3. The van der Waals surface area contributed by atoms with E-state index in [1.807, 2.05) is 35.2 Å². The topological polar surface area (TPSA) is 55.6 Å². The number of amides is 1. The monoisotopic (exact) mass is 374 g/mol. The van der Waals surface area contributed by atoms with Crippen LogP contribution in [0.1, 0.15) is 29.5 Å². The lowest BCUT2D eigenvalue weighted by Gasteiger charge is -2.23. The fraction of sp³-hybridized carbons (Fsp3) is 0.381. The lowest BCUT2D eigenvalue weighted by molar-refractivity contribution is -0.131. The second-order valence-corrected chi connectivity index (χ2v) is 6.72. The molecule has 3 rings (SSSR count). The third-order valence-corrected chi connectivity index (χ3v) is 4.71. The van der Waals surface area contributed by atoms with Gasteiger partial charge >= 0.3 is 0 Å². The van der Waals surface area contributed by atoms with Crippen LogP contribution in [0.5, 0.6) is 5.75 Å². The van der Waals surface area contributed by atoms with Crippen LogP contribution < -0.4 is 10.5 Å². The number of aryl methyl sites for hydroxylation is 1. The molecule has 5 heteroatoms. The van der Waals surface area contributed by atoms with Gasteiger partial charge in [0, 0.05) is 19.1 Å². The summed E-state index contributed by atoms with van der Waals surface area (Å²) in [6.45, 7) is 3.97. The molecule has 0 spiro atoms. The van der Waals surface area contributed by atoms with Crippen LogP contribution in [0.2, 0.25) is 0 Å². The van der Waals surface area contributed by atoms with Crippen molar-refractivity contribution in [2.24, 2.45) is 5.73 Å². The molecule has 2 aromatic rings. The number of hydrogen-bond donors (Lipinski definition) is 1. The van der Waals surface area contributed by atoms with Gasteiger partial charge in [-0.15, -0.1) is 12.4 Å². The van der Waals surface area contributed by atoms with Crippen LogP contribution in [-0.4, -0.2) is 29.9 Å². The Labute approximate surface area is 161 Å². The number of benzene rings is 2. The van der Waals surface area contributed by atoms with E-state index in [-0.39, 0.29) is 24.4 Å². The minimum atomic E-state index is 0. The standard InChI is InChI=1S/C21H26N2O2.ClH/c1-16-5-2-7-18(11-16)15-25-20-9-3-6-17(12-20)13-21(24)23-10-4-8-19(23)14-22;/h2-3,5-7,9,11-12,19H,4,8,10,13-15,22H2,1H3;1H. The van der Waals surface area contributed by atoms with Gasteiger partial charge in [0.05, 0.1) is 6.42 Å². The Bertz CT molecular complexity index is 735. The molecule has 1 aliphatic rings. The van der Waals surface area contributed by atoms with Gasteiger partial charge in [-0.05, 0) is 43.0 Å². The Kier molecular flexibility index (Phi) is 7.49. The number of likely N-dealkylation sites (tertiary alicyclic amines) is 1. The van der Waals surface area contributed by atoms with Gasteiger partial charge in [-0.1, -0.05) is 42.0 Å². The van der Waals surface area contributed by atoms with Crippen LogP contribution in [0.15, 0.2) is 48.5 Å². The number of nitrogens with two attached hydrogens (primary N) is 1. The lowest BCUT2D eigenvalue weighted by Crippen LogP contribution is -2.40. The van der Waals surface area contributed by atoms with Gasteiger partial charge in [-0.25, -0.2) is 0 Å². The zero-order chi connectivity index (χ0) is 17.6. The lowest BCUT2D eigenvalue weighted by atomic mass is 10.1. The van der Waals surface area contributed by atoms with E-state index in [9.17, 15) is 4.79 Å². The van der Waals surface area contributed by atoms with Crippen LogP contribution >= 0.6 is 12.4 Å². The summed E-state index contributed by atoms with van der Waals surface area (Å²) in [5, 5.41) is 0. The highest BCUT2D eigenvalue weighted by molar-refractivity contribution is 5.85. The van der Waals surface area contributed by atoms with Crippen molar-refractivity contribution in [3.05, 3.63) is 65.2 Å². The molecule has 0 aliphatic carbocycles. The first-order chi connectivity index (χ1) is 12.2. The summed E-state index contributed by atoms with van der Waals surface area (Å²) >= 11 is 0. The highest BCUT2D eigenvalue weighted by Gasteiger charge is 2.27. The average molecular weight is 375 g/mol. The predicted octanol–water partition coefficient (Wildman–Crippen LogP) is 3.49. The highest BCUT2D eigenvalue weighted by Crippen LogP contribution is 2.20. The van der Waals surface area contributed by atoms with Crippen LogP contribution in [-0.2, 0) is 17.8 Å². The van der Waals surface area contributed by atoms with Crippen molar-refractivity contribution in [3.8, 4) is 5.75 Å². The second-order valence-electron chi connectivity index (χ2n) is 6.72. The molecule has 1 fully saturated rings. The van der Waals surface area contributed by atoms with E-state index in [4.69, 9.17) is 10.5 Å². The van der Waals surface area contributed by atoms with Crippen LogP contribution in [0.4, 0.5) is 0 Å². The molecule has 1 atom stereocenters. The molecule has 2 N–H and O–H groups in total. The van der Waals surface area contributed by atoms with Gasteiger partial charge in [0.25, 0.3) is 0 Å². The summed E-state index contributed by atoms with van der Waals surface area (Å²) in [6.07, 6.45) is 2.47. The molecule has 1 amide bonds. The number of carbonyl (C=O) groups excluding carboxylic acids is 1. The Balaban J connectivity index is 0.00000243. The summed E-state index contributed by atoms with van der Waals surface area (Å²) in [5.74, 6) is 0.951. The van der Waals surface area contributed by atoms with Gasteiger partial charge in [-0.3, -0.25) is 4.79 Å². The van der Waals surface area contributed by atoms with Crippen molar-refractivity contribution < 1.29 is 9.53 Å². The van der Waals surface area contributed by atoms with E-state index >= 15 is 0 Å². The first-order valence-corrected chi connectivity index (χ1v) is 8.92. The SMILES string of the molecule is Cc1cccc(COc2cccc(CC(=O)N3CCCC3CN)c2)c1.Cl. The van der Waals surface area contributed by atoms with Crippen molar-refractivity contribution >= 4 is 18.3 Å². The van der Waals surface area contributed by atoms with Gasteiger partial charge in [-0.2, -0.15) is 0 Å². The summed E-state index contributed by atoms with van der Waals surface area (Å²) in [4.78, 5) is 14.5. The quantitative estimate of drug-likeness (QED) is 0.842. The van der Waals surface area contributed by atoms with Gasteiger partial charge in [0.2, 0.25) is 5.91 Å². The van der Waals surface area contributed by atoms with E-state index in [2.05, 4.69) is 25.1 Å². The highest BCUT2D eigenvalue weighted by atomic mass is 35.5. The number of carbonyl (C=O) groups is 1. The Morgan fingerprint density at radius 3 is 2.73 bits per heavy atom. The van der Waals surface area contributed by atoms with Crippen molar-refractivity contribution in [1.82, 2.24) is 4.90 Å². The maximum atomic E-state index is 12.5. The van der Waals surface area contributed by atoms with Crippen LogP contribution in [0.3, 0.4) is 0 Å². The molecule has 0 saturated carbocycles. The Morgan fingerprint density at radius 1 is 1.19 bits per heavy atom. The summed E-state index contributed by atoms with van der Waals surface area (Å²) in [5.41, 5.74) is 9.12. The van der Waals surface area contributed by atoms with Crippen molar-refractivity contribution in [1.29, 1.82) is 0 Å². The Hall–Kier alpha value is -2.04. The molecular formula is C21H27ClN2O2. The summed E-state index contributed by atoms with van der Waals surface area (Å²) in [7, 11) is 0. The van der Waals surface area contributed by atoms with E-state index < -0.39 is 0 Å². The zero-order valence-corrected chi connectivity index (χ0v) is 16.0. The number of nitrogens with zero attached hydrogens (tertiary/aromatic N) is 1. The molecule has 140 valence electrons. The van der Waals surface area contributed by atoms with Gasteiger partial charge < -0.3 is 15.4 Å². The second kappa shape index (κ2) is 9.60. The maximum absolute atomic E-state index is 12.5. The zero-order valence-electron chi connectivity index (χ0n) is 15.2. The third-order valence-electron chi connectivity index (χ3n) is 4.71. The van der Waals surface area contributed by atoms with Crippen molar-refractivity contribution in [3.63, 3.8) is 0 Å². The largest absolute Gasteiger partial charge is 0.489 e. The molecule has 0 radical (unpaired) electrons. The minimum absolute atomic E-state index is 0. The van der Waals surface area contributed by atoms with Crippen molar-refractivity contribution in [2.45, 2.75) is 38.8 Å².